The van der Waals surface area contributed by atoms with Crippen LogP contribution in [0.5, 0.6) is 0 Å². The van der Waals surface area contributed by atoms with Crippen LogP contribution in [-0.2, 0) is 30.5 Å². The summed E-state index contributed by atoms with van der Waals surface area (Å²) in [5.74, 6) is 0.753. The number of hydrogen-bond donors (Lipinski definition) is 0. The number of rotatable bonds is 6. The fourth-order valence-corrected chi connectivity index (χ4v) is 5.04. The number of carbonyl (C=O) groups excluding carboxylic acids is 3. The molecule has 4 rings (SSSR count). The molecule has 0 bridgehead atoms. The van der Waals surface area contributed by atoms with Crippen molar-refractivity contribution in [3.63, 3.8) is 0 Å². The molecule has 37 heavy (non-hydrogen) atoms. The van der Waals surface area contributed by atoms with Gasteiger partial charge in [0.1, 0.15) is 17.3 Å². The van der Waals surface area contributed by atoms with Gasteiger partial charge in [0, 0.05) is 13.1 Å². The van der Waals surface area contributed by atoms with Crippen molar-refractivity contribution in [2.24, 2.45) is 0 Å². The molecule has 0 aromatic heterocycles. The van der Waals surface area contributed by atoms with E-state index < -0.39 is 0 Å². The molecule has 208 valence electrons. The first kappa shape index (κ1) is 31.2. The maximum absolute atomic E-state index is 11.4. The molecule has 8 heteroatoms. The molecule has 4 atom stereocenters. The zero-order valence-electron chi connectivity index (χ0n) is 23.7. The summed E-state index contributed by atoms with van der Waals surface area (Å²) >= 11 is 0. The summed E-state index contributed by atoms with van der Waals surface area (Å²) in [5, 5.41) is 0. The number of Topliss-reactive ketones (excluding diaryl/α,β-unsaturated/α-hetero) is 3. The average molecular weight is 518 g/mol. The fraction of sp³-hybridized carbons (Fsp3) is 0.690. The van der Waals surface area contributed by atoms with E-state index in [9.17, 15) is 14.4 Å². The largest absolute Gasteiger partial charge is 0.378 e. The Morgan fingerprint density at radius 3 is 1.95 bits per heavy atom. The zero-order chi connectivity index (χ0) is 27.4. The minimum Gasteiger partial charge on any atom is -0.378 e. The van der Waals surface area contributed by atoms with Crippen LogP contribution < -0.4 is 0 Å². The van der Waals surface area contributed by atoms with Crippen LogP contribution in [0.1, 0.15) is 52.0 Å². The third kappa shape index (κ3) is 10.7. The van der Waals surface area contributed by atoms with E-state index >= 15 is 0 Å². The molecule has 0 unspecified atom stereocenters. The second-order valence-electron chi connectivity index (χ2n) is 10.5. The number of likely N-dealkylation sites (tertiary alicyclic amines) is 2. The molecule has 3 aliphatic heterocycles. The first-order valence-corrected chi connectivity index (χ1v) is 13.5. The molecule has 8 nitrogen and oxygen atoms in total. The van der Waals surface area contributed by atoms with Crippen molar-refractivity contribution in [3.05, 3.63) is 35.9 Å². The minimum absolute atomic E-state index is 0.00579. The highest BCUT2D eigenvalue weighted by Crippen LogP contribution is 2.20. The average Bonchev–Trinajstić information content (AvgIpc) is 3.25. The lowest BCUT2D eigenvalue weighted by Gasteiger charge is -2.30. The molecule has 3 saturated heterocycles. The Bertz CT molecular complexity index is 817. The van der Waals surface area contributed by atoms with E-state index in [-0.39, 0.29) is 35.8 Å². The number of hydrogen-bond acceptors (Lipinski definition) is 8. The van der Waals surface area contributed by atoms with Crippen molar-refractivity contribution in [1.29, 1.82) is 0 Å². The summed E-state index contributed by atoms with van der Waals surface area (Å²) < 4.78 is 11.0. The van der Waals surface area contributed by atoms with Gasteiger partial charge < -0.3 is 9.47 Å². The smallest absolute Gasteiger partial charge is 0.149 e. The predicted octanol–water partition coefficient (Wildman–Crippen LogP) is 2.83. The highest BCUT2D eigenvalue weighted by molar-refractivity contribution is 5.82. The SMILES string of the molecule is CC(=O)[C@@H]1CCCCN1C.CC(=O)[C@@H]1COCCN1C.CC(=O)[C@@H]1C[C@H](OCc2ccccc2)CN1C. The van der Waals surface area contributed by atoms with E-state index in [1.54, 1.807) is 20.8 Å². The summed E-state index contributed by atoms with van der Waals surface area (Å²) in [6, 6.07) is 10.4. The monoisotopic (exact) mass is 517 g/mol. The Morgan fingerprint density at radius 1 is 0.838 bits per heavy atom. The predicted molar refractivity (Wildman–Crippen MR) is 146 cm³/mol. The van der Waals surface area contributed by atoms with Crippen LogP contribution in [0.3, 0.4) is 0 Å². The second kappa shape index (κ2) is 16.1. The van der Waals surface area contributed by atoms with Gasteiger partial charge in [0.15, 0.2) is 0 Å². The zero-order valence-corrected chi connectivity index (χ0v) is 23.7. The van der Waals surface area contributed by atoms with Crippen molar-refractivity contribution < 1.29 is 23.9 Å². The standard InChI is InChI=1S/C14H19NO2.C8H15NO.C7H13NO2/c1-11(16)14-8-13(9-15(14)2)17-10-12-6-4-3-5-7-12;1-7(10)8-5-3-4-6-9(8)2;1-6(9)7-5-10-4-3-8(7)2/h3-7,13-14H,8-10H2,1-2H3;8H,3-6H2,1-2H3;7H,3-5H2,1-2H3/t13-,14-;8-;7-/m000/s1. The van der Waals surface area contributed by atoms with Crippen LogP contribution in [0.4, 0.5) is 0 Å². The molecule has 0 N–H and O–H groups in total. The highest BCUT2D eigenvalue weighted by atomic mass is 16.5. The third-order valence-electron chi connectivity index (χ3n) is 7.41. The Hall–Kier alpha value is -1.97. The molecular weight excluding hydrogens is 470 g/mol. The van der Waals surface area contributed by atoms with E-state index in [4.69, 9.17) is 9.47 Å². The van der Waals surface area contributed by atoms with Crippen molar-refractivity contribution in [2.75, 3.05) is 54.0 Å². The fourth-order valence-electron chi connectivity index (χ4n) is 5.04. The topological polar surface area (TPSA) is 79.4 Å². The highest BCUT2D eigenvalue weighted by Gasteiger charge is 2.32. The number of ether oxygens (including phenoxy) is 2. The molecule has 1 aromatic rings. The lowest BCUT2D eigenvalue weighted by Crippen LogP contribution is -2.46. The van der Waals surface area contributed by atoms with E-state index in [2.05, 4.69) is 21.9 Å². The molecule has 0 radical (unpaired) electrons. The lowest BCUT2D eigenvalue weighted by atomic mass is 10.0. The first-order chi connectivity index (χ1) is 17.6. The molecule has 0 spiro atoms. The molecule has 0 saturated carbocycles. The van der Waals surface area contributed by atoms with Gasteiger partial charge in [-0.05, 0) is 73.3 Å². The van der Waals surface area contributed by atoms with Crippen LogP contribution in [0.25, 0.3) is 0 Å². The molecule has 3 aliphatic rings. The number of nitrogens with zero attached hydrogens (tertiary/aromatic N) is 3. The van der Waals surface area contributed by atoms with Gasteiger partial charge in [0.2, 0.25) is 0 Å². The number of benzene rings is 1. The van der Waals surface area contributed by atoms with Gasteiger partial charge in [-0.25, -0.2) is 0 Å². The van der Waals surface area contributed by atoms with Gasteiger partial charge >= 0.3 is 0 Å². The number of ketones is 3. The lowest BCUT2D eigenvalue weighted by molar-refractivity contribution is -0.127. The Balaban J connectivity index is 0.000000208. The van der Waals surface area contributed by atoms with E-state index in [0.717, 1.165) is 39.1 Å². The number of morpholine rings is 1. The number of piperidine rings is 1. The van der Waals surface area contributed by atoms with Crippen molar-refractivity contribution >= 4 is 17.3 Å². The van der Waals surface area contributed by atoms with Crippen molar-refractivity contribution in [1.82, 2.24) is 14.7 Å². The van der Waals surface area contributed by atoms with Crippen LogP contribution in [0.15, 0.2) is 30.3 Å². The Kier molecular flexibility index (Phi) is 13.6. The molecule has 1 aromatic carbocycles. The quantitative estimate of drug-likeness (QED) is 0.570. The second-order valence-corrected chi connectivity index (χ2v) is 10.5. The molecule has 3 heterocycles. The summed E-state index contributed by atoms with van der Waals surface area (Å²) in [5.41, 5.74) is 1.18. The van der Waals surface area contributed by atoms with Gasteiger partial charge in [0.05, 0.1) is 44.1 Å². The molecule has 0 amide bonds. The van der Waals surface area contributed by atoms with Gasteiger partial charge in [-0.2, -0.15) is 0 Å². The van der Waals surface area contributed by atoms with Crippen molar-refractivity contribution in [3.8, 4) is 0 Å². The van der Waals surface area contributed by atoms with E-state index in [1.165, 1.54) is 18.4 Å². The van der Waals surface area contributed by atoms with Crippen molar-refractivity contribution in [2.45, 2.75) is 77.3 Å². The van der Waals surface area contributed by atoms with Gasteiger partial charge in [-0.3, -0.25) is 29.1 Å². The first-order valence-electron chi connectivity index (χ1n) is 13.5. The third-order valence-corrected chi connectivity index (χ3v) is 7.41. The summed E-state index contributed by atoms with van der Waals surface area (Å²) in [6.45, 7) is 9.69. The van der Waals surface area contributed by atoms with Gasteiger partial charge in [0.25, 0.3) is 0 Å². The van der Waals surface area contributed by atoms with Gasteiger partial charge in [-0.15, -0.1) is 0 Å². The van der Waals surface area contributed by atoms with Crippen LogP contribution in [0.2, 0.25) is 0 Å². The summed E-state index contributed by atoms with van der Waals surface area (Å²) in [7, 11) is 5.97. The Labute approximate surface area is 223 Å². The molecular formula is C29H47N3O5. The van der Waals surface area contributed by atoms with E-state index in [0.29, 0.717) is 19.0 Å². The summed E-state index contributed by atoms with van der Waals surface area (Å²) in [6.07, 6.45) is 4.52. The maximum atomic E-state index is 11.4. The Morgan fingerprint density at radius 2 is 1.46 bits per heavy atom. The molecule has 0 aliphatic carbocycles. The number of carbonyl (C=O) groups is 3. The van der Waals surface area contributed by atoms with Crippen LogP contribution in [-0.4, -0.2) is 110 Å². The van der Waals surface area contributed by atoms with Gasteiger partial charge in [-0.1, -0.05) is 36.8 Å². The minimum atomic E-state index is -0.00579. The van der Waals surface area contributed by atoms with E-state index in [1.807, 2.05) is 44.2 Å². The van der Waals surface area contributed by atoms with Crippen LogP contribution >= 0.6 is 0 Å². The normalized spacial score (nSPS) is 26.9. The maximum Gasteiger partial charge on any atom is 0.149 e. The molecule has 3 fully saturated rings. The number of likely N-dealkylation sites (N-methyl/N-ethyl adjacent to an activating group) is 3. The van der Waals surface area contributed by atoms with Crippen LogP contribution in [0, 0.1) is 0 Å². The summed E-state index contributed by atoms with van der Waals surface area (Å²) in [4.78, 5) is 39.5.